The fraction of sp³-hybridized carbons (Fsp3) is 0.412. The third-order valence-corrected chi connectivity index (χ3v) is 4.06. The van der Waals surface area contributed by atoms with E-state index in [2.05, 4.69) is 24.9 Å². The molecule has 20 heavy (non-hydrogen) atoms. The number of aromatic nitrogens is 1. The zero-order valence-corrected chi connectivity index (χ0v) is 12.2. The number of hydrogen-bond acceptors (Lipinski definition) is 3. The van der Waals surface area contributed by atoms with Crippen molar-refractivity contribution in [2.45, 2.75) is 39.5 Å². The van der Waals surface area contributed by atoms with Gasteiger partial charge < -0.3 is 5.73 Å². The Balaban J connectivity index is 1.95. The number of nitrogen functional groups attached to an aromatic ring is 1. The lowest BCUT2D eigenvalue weighted by Gasteiger charge is -2.09. The summed E-state index contributed by atoms with van der Waals surface area (Å²) in [5, 5.41) is 1.13. The second-order valence-corrected chi connectivity index (χ2v) is 5.82. The summed E-state index contributed by atoms with van der Waals surface area (Å²) >= 11 is 0. The number of aliphatic imine (C=N–C) groups is 1. The van der Waals surface area contributed by atoms with Gasteiger partial charge in [0.15, 0.2) is 0 Å². The van der Waals surface area contributed by atoms with Gasteiger partial charge in [-0.1, -0.05) is 31.0 Å². The van der Waals surface area contributed by atoms with Crippen molar-refractivity contribution in [3.8, 4) is 0 Å². The molecule has 2 aromatic rings. The second-order valence-electron chi connectivity index (χ2n) is 5.82. The molecule has 1 aliphatic carbocycles. The van der Waals surface area contributed by atoms with Crippen molar-refractivity contribution in [1.82, 2.24) is 4.98 Å². The van der Waals surface area contributed by atoms with Crippen LogP contribution in [0, 0.1) is 12.8 Å². The lowest BCUT2D eigenvalue weighted by molar-refractivity contribution is 0.757. The van der Waals surface area contributed by atoms with Gasteiger partial charge in [-0.05, 0) is 44.2 Å². The molecule has 0 unspecified atom stereocenters. The van der Waals surface area contributed by atoms with Gasteiger partial charge in [0.2, 0.25) is 0 Å². The van der Waals surface area contributed by atoms with Crippen LogP contribution in [0.15, 0.2) is 29.3 Å². The SMILES string of the molecule is CC(CCC1CC1)=Nc1c(N)nc2ccccc2c1C. The molecular formula is C17H21N3. The molecule has 2 N–H and O–H groups in total. The van der Waals surface area contributed by atoms with Crippen LogP contribution in [0.4, 0.5) is 11.5 Å². The van der Waals surface area contributed by atoms with Gasteiger partial charge in [0.1, 0.15) is 11.5 Å². The molecule has 1 saturated carbocycles. The Morgan fingerprint density at radius 2 is 2.10 bits per heavy atom. The molecule has 0 amide bonds. The minimum Gasteiger partial charge on any atom is -0.382 e. The van der Waals surface area contributed by atoms with Crippen LogP contribution in [0.5, 0.6) is 0 Å². The first-order chi connectivity index (χ1) is 9.65. The summed E-state index contributed by atoms with van der Waals surface area (Å²) in [7, 11) is 0. The highest BCUT2D eigenvalue weighted by Gasteiger charge is 2.20. The molecule has 0 saturated heterocycles. The number of fused-ring (bicyclic) bond motifs is 1. The average molecular weight is 267 g/mol. The number of nitrogens with zero attached hydrogens (tertiary/aromatic N) is 2. The first kappa shape index (κ1) is 13.1. The van der Waals surface area contributed by atoms with Crippen LogP contribution < -0.4 is 5.73 Å². The number of anilines is 1. The summed E-state index contributed by atoms with van der Waals surface area (Å²) in [4.78, 5) is 9.20. The van der Waals surface area contributed by atoms with Gasteiger partial charge in [0, 0.05) is 11.1 Å². The lowest BCUT2D eigenvalue weighted by atomic mass is 10.1. The smallest absolute Gasteiger partial charge is 0.150 e. The molecule has 3 nitrogen and oxygen atoms in total. The molecule has 0 atom stereocenters. The highest BCUT2D eigenvalue weighted by Crippen LogP contribution is 2.35. The number of nitrogens with two attached hydrogens (primary N) is 1. The van der Waals surface area contributed by atoms with E-state index in [0.29, 0.717) is 5.82 Å². The summed E-state index contributed by atoms with van der Waals surface area (Å²) in [5.74, 6) is 1.47. The second kappa shape index (κ2) is 5.23. The summed E-state index contributed by atoms with van der Waals surface area (Å²) in [6.45, 7) is 4.17. The van der Waals surface area contributed by atoms with Crippen LogP contribution in [-0.4, -0.2) is 10.7 Å². The minimum atomic E-state index is 0.534. The molecular weight excluding hydrogens is 246 g/mol. The van der Waals surface area contributed by atoms with Crippen molar-refractivity contribution in [2.24, 2.45) is 10.9 Å². The maximum absolute atomic E-state index is 6.09. The van der Waals surface area contributed by atoms with Crippen molar-refractivity contribution in [3.63, 3.8) is 0 Å². The Bertz CT molecular complexity index is 669. The van der Waals surface area contributed by atoms with Crippen LogP contribution in [0.2, 0.25) is 0 Å². The third kappa shape index (κ3) is 2.67. The van der Waals surface area contributed by atoms with E-state index in [1.54, 1.807) is 0 Å². The number of aryl methyl sites for hydroxylation is 1. The van der Waals surface area contributed by atoms with Crippen molar-refractivity contribution in [3.05, 3.63) is 29.8 Å². The fourth-order valence-corrected chi connectivity index (χ4v) is 2.60. The standard InChI is InChI=1S/C17H21N3/c1-11(7-8-13-9-10-13)19-16-12(2)14-5-3-4-6-15(14)20-17(16)18/h3-6,13H,7-10H2,1-2H3,(H2,18,20). The molecule has 1 aromatic carbocycles. The fourth-order valence-electron chi connectivity index (χ4n) is 2.60. The van der Waals surface area contributed by atoms with Gasteiger partial charge in [-0.15, -0.1) is 0 Å². The van der Waals surface area contributed by atoms with Gasteiger partial charge >= 0.3 is 0 Å². The molecule has 1 aromatic heterocycles. The molecule has 0 aliphatic heterocycles. The van der Waals surface area contributed by atoms with Crippen molar-refractivity contribution >= 4 is 28.1 Å². The summed E-state index contributed by atoms with van der Waals surface area (Å²) in [5.41, 5.74) is 10.2. The Morgan fingerprint density at radius 3 is 2.85 bits per heavy atom. The van der Waals surface area contributed by atoms with Gasteiger partial charge in [-0.2, -0.15) is 0 Å². The third-order valence-electron chi connectivity index (χ3n) is 4.06. The van der Waals surface area contributed by atoms with E-state index in [1.165, 1.54) is 19.3 Å². The van der Waals surface area contributed by atoms with E-state index >= 15 is 0 Å². The van der Waals surface area contributed by atoms with Crippen LogP contribution in [0.3, 0.4) is 0 Å². The largest absolute Gasteiger partial charge is 0.382 e. The monoisotopic (exact) mass is 267 g/mol. The maximum atomic E-state index is 6.09. The van der Waals surface area contributed by atoms with E-state index in [1.807, 2.05) is 18.2 Å². The first-order valence-corrected chi connectivity index (χ1v) is 7.34. The van der Waals surface area contributed by atoms with E-state index in [-0.39, 0.29) is 0 Å². The predicted octanol–water partition coefficient (Wildman–Crippen LogP) is 4.41. The number of hydrogen-bond donors (Lipinski definition) is 1. The number of benzene rings is 1. The summed E-state index contributed by atoms with van der Waals surface area (Å²) < 4.78 is 0. The predicted molar refractivity (Wildman–Crippen MR) is 85.6 cm³/mol. The summed E-state index contributed by atoms with van der Waals surface area (Å²) in [6.07, 6.45) is 5.11. The molecule has 0 bridgehead atoms. The molecule has 0 spiro atoms. The summed E-state index contributed by atoms with van der Waals surface area (Å²) in [6, 6.07) is 8.08. The van der Waals surface area contributed by atoms with E-state index in [4.69, 9.17) is 10.7 Å². The molecule has 104 valence electrons. The molecule has 1 heterocycles. The highest BCUT2D eigenvalue weighted by atomic mass is 14.9. The maximum Gasteiger partial charge on any atom is 0.150 e. The number of pyridine rings is 1. The van der Waals surface area contributed by atoms with Crippen molar-refractivity contribution in [1.29, 1.82) is 0 Å². The van der Waals surface area contributed by atoms with E-state index in [9.17, 15) is 0 Å². The molecule has 3 heteroatoms. The Hall–Kier alpha value is -1.90. The molecule has 0 radical (unpaired) electrons. The first-order valence-electron chi connectivity index (χ1n) is 7.34. The number of para-hydroxylation sites is 1. The molecule has 1 aliphatic rings. The van der Waals surface area contributed by atoms with Crippen molar-refractivity contribution < 1.29 is 0 Å². The minimum absolute atomic E-state index is 0.534. The van der Waals surface area contributed by atoms with Gasteiger partial charge in [0.05, 0.1) is 5.52 Å². The Kier molecular flexibility index (Phi) is 3.43. The van der Waals surface area contributed by atoms with Crippen LogP contribution in [0.1, 0.15) is 38.2 Å². The zero-order chi connectivity index (χ0) is 14.1. The topological polar surface area (TPSA) is 51.3 Å². The highest BCUT2D eigenvalue weighted by molar-refractivity contribution is 5.93. The molecule has 1 fully saturated rings. The van der Waals surface area contributed by atoms with E-state index < -0.39 is 0 Å². The lowest BCUT2D eigenvalue weighted by Crippen LogP contribution is -1.98. The Morgan fingerprint density at radius 1 is 1.35 bits per heavy atom. The van der Waals surface area contributed by atoms with Gasteiger partial charge in [-0.25, -0.2) is 4.98 Å². The number of rotatable bonds is 4. The van der Waals surface area contributed by atoms with Crippen molar-refractivity contribution in [2.75, 3.05) is 5.73 Å². The van der Waals surface area contributed by atoms with Crippen LogP contribution in [0.25, 0.3) is 10.9 Å². The van der Waals surface area contributed by atoms with Crippen LogP contribution in [-0.2, 0) is 0 Å². The van der Waals surface area contributed by atoms with Crippen LogP contribution >= 0.6 is 0 Å². The quantitative estimate of drug-likeness (QED) is 0.834. The van der Waals surface area contributed by atoms with Gasteiger partial charge in [-0.3, -0.25) is 4.99 Å². The molecule has 3 rings (SSSR count). The average Bonchev–Trinajstić information content (AvgIpc) is 3.25. The zero-order valence-electron chi connectivity index (χ0n) is 12.2. The van der Waals surface area contributed by atoms with Gasteiger partial charge in [0.25, 0.3) is 0 Å². The Labute approximate surface area is 119 Å². The van der Waals surface area contributed by atoms with E-state index in [0.717, 1.165) is 40.2 Å². The normalized spacial score (nSPS) is 15.8.